The summed E-state index contributed by atoms with van der Waals surface area (Å²) in [5.74, 6) is 1.76. The fraction of sp³-hybridized carbons (Fsp3) is 0.190. The second kappa shape index (κ2) is 6.76. The highest BCUT2D eigenvalue weighted by molar-refractivity contribution is 7.26. The molecule has 1 aliphatic rings. The molecular formula is C21H17NO5S. The lowest BCUT2D eigenvalue weighted by Gasteiger charge is -2.19. The van der Waals surface area contributed by atoms with Gasteiger partial charge in [-0.05, 0) is 30.7 Å². The summed E-state index contributed by atoms with van der Waals surface area (Å²) in [5, 5.41) is 1.08. The van der Waals surface area contributed by atoms with Crippen molar-refractivity contribution in [1.29, 1.82) is 0 Å². The van der Waals surface area contributed by atoms with Gasteiger partial charge in [-0.3, -0.25) is 0 Å². The third kappa shape index (κ3) is 2.75. The van der Waals surface area contributed by atoms with Gasteiger partial charge >= 0.3 is 6.16 Å². The number of carbonyl (C=O) groups excluding carboxylic acids is 1. The van der Waals surface area contributed by atoms with Gasteiger partial charge in [-0.1, -0.05) is 24.3 Å². The van der Waals surface area contributed by atoms with Crippen molar-refractivity contribution in [2.75, 3.05) is 19.8 Å². The van der Waals surface area contributed by atoms with Crippen molar-refractivity contribution < 1.29 is 23.7 Å². The lowest BCUT2D eigenvalue weighted by Crippen LogP contribution is -2.15. The Balaban J connectivity index is 1.71. The van der Waals surface area contributed by atoms with Crippen molar-refractivity contribution >= 4 is 37.8 Å². The van der Waals surface area contributed by atoms with Gasteiger partial charge in [0.1, 0.15) is 13.2 Å². The van der Waals surface area contributed by atoms with Crippen LogP contribution in [0.2, 0.25) is 0 Å². The molecule has 0 amide bonds. The van der Waals surface area contributed by atoms with Gasteiger partial charge in [0.2, 0.25) is 5.88 Å². The molecule has 4 aromatic rings. The van der Waals surface area contributed by atoms with Crippen LogP contribution in [0.5, 0.6) is 17.4 Å². The van der Waals surface area contributed by atoms with Crippen LogP contribution < -0.4 is 14.2 Å². The number of nitrogens with one attached hydrogen (secondary N) is 1. The molecular weight excluding hydrogens is 378 g/mol. The number of H-pyrrole nitrogens is 1. The van der Waals surface area contributed by atoms with Crippen LogP contribution >= 0.6 is 11.3 Å². The van der Waals surface area contributed by atoms with Crippen molar-refractivity contribution in [2.45, 2.75) is 6.92 Å². The molecule has 2 aromatic heterocycles. The van der Waals surface area contributed by atoms with Crippen LogP contribution in [0.15, 0.2) is 42.5 Å². The quantitative estimate of drug-likeness (QED) is 0.473. The molecule has 1 aliphatic heterocycles. The SMILES string of the molecule is CCOC(=O)Oc1[nH]c2c(sc3ccccc32)c1-c1ccc2c(c1)OCCO2. The molecule has 0 fully saturated rings. The predicted octanol–water partition coefficient (Wildman–Crippen LogP) is 5.36. The van der Waals surface area contributed by atoms with Crippen molar-refractivity contribution in [3.05, 3.63) is 42.5 Å². The summed E-state index contributed by atoms with van der Waals surface area (Å²) in [6, 6.07) is 13.9. The van der Waals surface area contributed by atoms with E-state index in [4.69, 9.17) is 18.9 Å². The van der Waals surface area contributed by atoms with E-state index < -0.39 is 6.16 Å². The van der Waals surface area contributed by atoms with Gasteiger partial charge in [-0.2, -0.15) is 0 Å². The maximum absolute atomic E-state index is 12.0. The number of thiophene rings is 1. The molecule has 5 rings (SSSR count). The van der Waals surface area contributed by atoms with Crippen LogP contribution in [0.4, 0.5) is 4.79 Å². The molecule has 3 heterocycles. The predicted molar refractivity (Wildman–Crippen MR) is 108 cm³/mol. The molecule has 0 saturated heterocycles. The summed E-state index contributed by atoms with van der Waals surface area (Å²) in [6.45, 7) is 3.03. The third-order valence-corrected chi connectivity index (χ3v) is 5.75. The smallest absolute Gasteiger partial charge is 0.486 e. The largest absolute Gasteiger partial charge is 0.515 e. The minimum Gasteiger partial charge on any atom is -0.486 e. The van der Waals surface area contributed by atoms with Gasteiger partial charge in [0.25, 0.3) is 0 Å². The first-order valence-corrected chi connectivity index (χ1v) is 9.84. The normalized spacial score (nSPS) is 13.0. The number of hydrogen-bond donors (Lipinski definition) is 1. The molecule has 0 unspecified atom stereocenters. The van der Waals surface area contributed by atoms with E-state index in [1.807, 2.05) is 36.4 Å². The van der Waals surface area contributed by atoms with Crippen molar-refractivity contribution in [3.8, 4) is 28.5 Å². The van der Waals surface area contributed by atoms with E-state index in [-0.39, 0.29) is 6.61 Å². The van der Waals surface area contributed by atoms with Crippen LogP contribution in [0, 0.1) is 0 Å². The zero-order valence-electron chi connectivity index (χ0n) is 15.1. The fourth-order valence-electron chi connectivity index (χ4n) is 3.39. The number of aromatic amines is 1. The lowest BCUT2D eigenvalue weighted by atomic mass is 10.1. The van der Waals surface area contributed by atoms with Crippen LogP contribution in [0.1, 0.15) is 6.92 Å². The topological polar surface area (TPSA) is 69.8 Å². The fourth-order valence-corrected chi connectivity index (χ4v) is 4.62. The van der Waals surface area contributed by atoms with E-state index in [2.05, 4.69) is 11.1 Å². The Hall–Kier alpha value is -3.19. The molecule has 6 nitrogen and oxygen atoms in total. The molecule has 7 heteroatoms. The van der Waals surface area contributed by atoms with Crippen LogP contribution in [0.3, 0.4) is 0 Å². The molecule has 0 bridgehead atoms. The van der Waals surface area contributed by atoms with E-state index >= 15 is 0 Å². The second-order valence-corrected chi connectivity index (χ2v) is 7.33. The van der Waals surface area contributed by atoms with E-state index in [1.165, 1.54) is 0 Å². The van der Waals surface area contributed by atoms with E-state index in [0.717, 1.165) is 31.4 Å². The van der Waals surface area contributed by atoms with E-state index in [1.54, 1.807) is 18.3 Å². The summed E-state index contributed by atoms with van der Waals surface area (Å²) in [5.41, 5.74) is 2.62. The second-order valence-electron chi connectivity index (χ2n) is 6.27. The number of rotatable bonds is 3. The molecule has 0 atom stereocenters. The minimum atomic E-state index is -0.737. The zero-order chi connectivity index (χ0) is 19.1. The lowest BCUT2D eigenvalue weighted by molar-refractivity contribution is 0.103. The van der Waals surface area contributed by atoms with Gasteiger partial charge in [0.05, 0.1) is 22.4 Å². The first kappa shape index (κ1) is 16.9. The number of hydrogen-bond acceptors (Lipinski definition) is 6. The van der Waals surface area contributed by atoms with Gasteiger partial charge < -0.3 is 23.9 Å². The zero-order valence-corrected chi connectivity index (χ0v) is 15.9. The molecule has 1 N–H and O–H groups in total. The van der Waals surface area contributed by atoms with Gasteiger partial charge in [-0.15, -0.1) is 11.3 Å². The highest BCUT2D eigenvalue weighted by Gasteiger charge is 2.23. The van der Waals surface area contributed by atoms with Crippen LogP contribution in [-0.2, 0) is 4.74 Å². The maximum atomic E-state index is 12.0. The van der Waals surface area contributed by atoms with Gasteiger partial charge in [0, 0.05) is 10.1 Å². The maximum Gasteiger partial charge on any atom is 0.515 e. The number of ether oxygens (including phenoxy) is 4. The summed E-state index contributed by atoms with van der Waals surface area (Å²) in [7, 11) is 0. The summed E-state index contributed by atoms with van der Waals surface area (Å²) < 4.78 is 24.0. The average molecular weight is 395 g/mol. The molecule has 0 spiro atoms. The van der Waals surface area contributed by atoms with E-state index in [9.17, 15) is 4.79 Å². The van der Waals surface area contributed by atoms with Crippen LogP contribution in [0.25, 0.3) is 31.4 Å². The Labute approximate surface area is 164 Å². The van der Waals surface area contributed by atoms with E-state index in [0.29, 0.717) is 30.6 Å². The molecule has 28 heavy (non-hydrogen) atoms. The first-order valence-electron chi connectivity index (χ1n) is 9.02. The molecule has 0 aliphatic carbocycles. The highest BCUT2D eigenvalue weighted by atomic mass is 32.1. The monoisotopic (exact) mass is 395 g/mol. The number of fused-ring (bicyclic) bond motifs is 4. The van der Waals surface area contributed by atoms with Gasteiger partial charge in [0.15, 0.2) is 11.5 Å². The van der Waals surface area contributed by atoms with Gasteiger partial charge in [-0.25, -0.2) is 4.79 Å². The Kier molecular flexibility index (Phi) is 4.09. The summed E-state index contributed by atoms with van der Waals surface area (Å²) in [6.07, 6.45) is -0.737. The number of aromatic nitrogens is 1. The third-order valence-electron chi connectivity index (χ3n) is 4.57. The van der Waals surface area contributed by atoms with Crippen molar-refractivity contribution in [3.63, 3.8) is 0 Å². The molecule has 2 aromatic carbocycles. The highest BCUT2D eigenvalue weighted by Crippen LogP contribution is 2.46. The Morgan fingerprint density at radius 1 is 1.14 bits per heavy atom. The average Bonchev–Trinajstić information content (AvgIpc) is 3.23. The Bertz CT molecular complexity index is 1190. The molecule has 0 radical (unpaired) electrons. The Morgan fingerprint density at radius 3 is 2.82 bits per heavy atom. The van der Waals surface area contributed by atoms with Crippen LogP contribution in [-0.4, -0.2) is 31.0 Å². The summed E-state index contributed by atoms with van der Waals surface area (Å²) in [4.78, 5) is 15.3. The number of benzene rings is 2. The standard InChI is InChI=1S/C21H17NO5S/c1-2-24-21(23)27-20-17(12-7-8-14-15(11-12)26-10-9-25-14)19-18(22-20)13-5-3-4-6-16(13)28-19/h3-8,11,22H,2,9-10H2,1H3. The molecule has 142 valence electrons. The van der Waals surface area contributed by atoms with Crippen molar-refractivity contribution in [2.24, 2.45) is 0 Å². The number of carbonyl (C=O) groups is 1. The molecule has 0 saturated carbocycles. The minimum absolute atomic E-state index is 0.246. The first-order chi connectivity index (χ1) is 13.7. The Morgan fingerprint density at radius 2 is 1.96 bits per heavy atom. The summed E-state index contributed by atoms with van der Waals surface area (Å²) >= 11 is 1.65. The van der Waals surface area contributed by atoms with Crippen molar-refractivity contribution in [1.82, 2.24) is 4.98 Å².